The first-order chi connectivity index (χ1) is 16.2. The molecule has 0 saturated carbocycles. The van der Waals surface area contributed by atoms with Gasteiger partial charge in [-0.05, 0) is 42.0 Å². The molecule has 0 aliphatic rings. The summed E-state index contributed by atoms with van der Waals surface area (Å²) < 4.78 is 39.8. The summed E-state index contributed by atoms with van der Waals surface area (Å²) in [6.45, 7) is 4.13. The number of benzene rings is 3. The Labute approximate surface area is 197 Å². The maximum atomic E-state index is 14.7. The van der Waals surface area contributed by atoms with Crippen molar-refractivity contribution in [1.29, 1.82) is 0 Å². The van der Waals surface area contributed by atoms with E-state index in [4.69, 9.17) is 9.47 Å². The van der Waals surface area contributed by atoms with Gasteiger partial charge >= 0.3 is 0 Å². The van der Waals surface area contributed by atoms with Gasteiger partial charge in [0.25, 0.3) is 5.69 Å². The molecular formula is C26H26F2N2O4. The first kappa shape index (κ1) is 25.0. The zero-order valence-electron chi connectivity index (χ0n) is 19.2. The number of nitrogens with zero attached hydrogens (tertiary/aromatic N) is 2. The van der Waals surface area contributed by atoms with Crippen LogP contribution in [-0.2, 0) is 11.3 Å². The van der Waals surface area contributed by atoms with Gasteiger partial charge in [-0.1, -0.05) is 38.1 Å². The number of halogens is 2. The van der Waals surface area contributed by atoms with Gasteiger partial charge in [0.15, 0.2) is 0 Å². The molecule has 0 N–H and O–H groups in total. The molecule has 0 radical (unpaired) electrons. The van der Waals surface area contributed by atoms with Crippen molar-refractivity contribution in [2.24, 2.45) is 10.4 Å². The van der Waals surface area contributed by atoms with Gasteiger partial charge in [-0.15, -0.1) is 0 Å². The van der Waals surface area contributed by atoms with Crippen molar-refractivity contribution < 1.29 is 23.2 Å². The van der Waals surface area contributed by atoms with Crippen LogP contribution < -0.4 is 4.74 Å². The number of methoxy groups -OCH3 is 1. The highest BCUT2D eigenvalue weighted by Gasteiger charge is 2.33. The molecule has 3 aromatic carbocycles. The molecule has 6 nitrogen and oxygen atoms in total. The van der Waals surface area contributed by atoms with Gasteiger partial charge in [0.2, 0.25) is 0 Å². The predicted molar refractivity (Wildman–Crippen MR) is 126 cm³/mol. The molecule has 3 rings (SSSR count). The number of rotatable bonds is 10. The van der Waals surface area contributed by atoms with Crippen molar-refractivity contribution in [2.45, 2.75) is 26.5 Å². The van der Waals surface area contributed by atoms with E-state index >= 15 is 0 Å². The molecule has 1 unspecified atom stereocenters. The average Bonchev–Trinajstić information content (AvgIpc) is 2.81. The normalized spacial score (nSPS) is 12.6. The van der Waals surface area contributed by atoms with Gasteiger partial charge in [0, 0.05) is 23.3 Å². The van der Waals surface area contributed by atoms with E-state index in [0.29, 0.717) is 6.61 Å². The number of hydrogen-bond donors (Lipinski definition) is 0. The second-order valence-corrected chi connectivity index (χ2v) is 8.49. The molecular weight excluding hydrogens is 442 g/mol. The van der Waals surface area contributed by atoms with Crippen LogP contribution in [0.5, 0.6) is 5.75 Å². The zero-order chi connectivity index (χ0) is 24.7. The third-order valence-corrected chi connectivity index (χ3v) is 5.39. The monoisotopic (exact) mass is 468 g/mol. The lowest BCUT2D eigenvalue weighted by Crippen LogP contribution is -2.28. The Morgan fingerprint density at radius 2 is 1.79 bits per heavy atom. The molecule has 0 bridgehead atoms. The minimum Gasteiger partial charge on any atom is -0.497 e. The first-order valence-electron chi connectivity index (χ1n) is 10.6. The summed E-state index contributed by atoms with van der Waals surface area (Å²) in [4.78, 5) is 15.3. The van der Waals surface area contributed by atoms with E-state index in [2.05, 4.69) is 4.99 Å². The Balaban J connectivity index is 1.87. The fourth-order valence-electron chi connectivity index (χ4n) is 3.58. The molecule has 1 atom stereocenters. The summed E-state index contributed by atoms with van der Waals surface area (Å²) in [5.74, 6) is -0.485. The van der Waals surface area contributed by atoms with Crippen molar-refractivity contribution in [2.75, 3.05) is 13.7 Å². The highest BCUT2D eigenvalue weighted by molar-refractivity contribution is 5.85. The molecule has 0 spiro atoms. The molecule has 0 saturated heterocycles. The highest BCUT2D eigenvalue weighted by atomic mass is 19.1. The van der Waals surface area contributed by atoms with Crippen LogP contribution in [0.25, 0.3) is 0 Å². The fraction of sp³-hybridized carbons (Fsp3) is 0.269. The zero-order valence-corrected chi connectivity index (χ0v) is 19.2. The van der Waals surface area contributed by atoms with Crippen LogP contribution in [0.3, 0.4) is 0 Å². The molecule has 0 aliphatic heterocycles. The molecule has 178 valence electrons. The van der Waals surface area contributed by atoms with Crippen molar-refractivity contribution in [1.82, 2.24) is 0 Å². The molecule has 0 heterocycles. The minimum absolute atomic E-state index is 0.0490. The van der Waals surface area contributed by atoms with Gasteiger partial charge in [0.1, 0.15) is 17.4 Å². The Hall–Kier alpha value is -3.65. The number of ether oxygens (including phenoxy) is 2. The van der Waals surface area contributed by atoms with Gasteiger partial charge < -0.3 is 9.47 Å². The smallest absolute Gasteiger partial charge is 0.278 e. The lowest BCUT2D eigenvalue weighted by Gasteiger charge is -2.32. The molecule has 0 amide bonds. The largest absolute Gasteiger partial charge is 0.497 e. The fourth-order valence-corrected chi connectivity index (χ4v) is 3.58. The van der Waals surface area contributed by atoms with Gasteiger partial charge in [-0.25, -0.2) is 8.78 Å². The van der Waals surface area contributed by atoms with Crippen LogP contribution in [0.1, 0.15) is 36.6 Å². The third-order valence-electron chi connectivity index (χ3n) is 5.39. The van der Waals surface area contributed by atoms with Crippen LogP contribution in [0.15, 0.2) is 71.7 Å². The minimum atomic E-state index is -0.862. The van der Waals surface area contributed by atoms with Gasteiger partial charge in [-0.3, -0.25) is 15.1 Å². The number of nitro benzene ring substituents is 1. The summed E-state index contributed by atoms with van der Waals surface area (Å²) in [6, 6.07) is 15.8. The van der Waals surface area contributed by atoms with E-state index in [0.717, 1.165) is 29.5 Å². The van der Waals surface area contributed by atoms with Crippen LogP contribution in [0.4, 0.5) is 14.5 Å². The number of hydrogen-bond acceptors (Lipinski definition) is 5. The first-order valence-corrected chi connectivity index (χ1v) is 10.6. The van der Waals surface area contributed by atoms with Crippen molar-refractivity contribution >= 4 is 11.9 Å². The molecule has 3 aromatic rings. The van der Waals surface area contributed by atoms with Crippen LogP contribution in [0.2, 0.25) is 0 Å². The number of aliphatic imine (C=N–C) groups is 1. The molecule has 8 heteroatoms. The van der Waals surface area contributed by atoms with E-state index in [1.165, 1.54) is 12.3 Å². The average molecular weight is 469 g/mol. The van der Waals surface area contributed by atoms with E-state index < -0.39 is 28.0 Å². The van der Waals surface area contributed by atoms with Crippen LogP contribution in [0, 0.1) is 27.2 Å². The summed E-state index contributed by atoms with van der Waals surface area (Å²) >= 11 is 0. The summed E-state index contributed by atoms with van der Waals surface area (Å²) in [5, 5.41) is 11.4. The number of nitro groups is 1. The highest BCUT2D eigenvalue weighted by Crippen LogP contribution is 2.39. The van der Waals surface area contributed by atoms with Crippen molar-refractivity contribution in [3.05, 3.63) is 105 Å². The van der Waals surface area contributed by atoms with Crippen LogP contribution in [-0.4, -0.2) is 24.9 Å². The second kappa shape index (κ2) is 11.0. The summed E-state index contributed by atoms with van der Waals surface area (Å²) in [5.41, 5.74) is 0.338. The maximum absolute atomic E-state index is 14.7. The van der Waals surface area contributed by atoms with Crippen LogP contribution >= 0.6 is 0 Å². The van der Waals surface area contributed by atoms with Gasteiger partial charge in [0.05, 0.1) is 36.9 Å². The topological polar surface area (TPSA) is 74.0 Å². The van der Waals surface area contributed by atoms with E-state index in [1.54, 1.807) is 25.3 Å². The predicted octanol–water partition coefficient (Wildman–Crippen LogP) is 6.28. The van der Waals surface area contributed by atoms with E-state index in [9.17, 15) is 18.9 Å². The molecule has 0 aliphatic carbocycles. The lowest BCUT2D eigenvalue weighted by atomic mass is 9.81. The molecule has 34 heavy (non-hydrogen) atoms. The lowest BCUT2D eigenvalue weighted by molar-refractivity contribution is -0.385. The summed E-state index contributed by atoms with van der Waals surface area (Å²) in [6.07, 6.45) is 1.33. The Kier molecular flexibility index (Phi) is 8.07. The Bertz CT molecular complexity index is 1160. The number of para-hydroxylation sites is 1. The quantitative estimate of drug-likeness (QED) is 0.199. The maximum Gasteiger partial charge on any atom is 0.278 e. The SMILES string of the molecule is COc1ccc(COCC(C)(C)C(N=Cc2ccccc2[N+](=O)[O-])c2cc(F)ccc2F)cc1. The Morgan fingerprint density at radius 1 is 1.09 bits per heavy atom. The van der Waals surface area contributed by atoms with Crippen molar-refractivity contribution in [3.8, 4) is 5.75 Å². The van der Waals surface area contributed by atoms with E-state index in [-0.39, 0.29) is 23.4 Å². The molecule has 0 fully saturated rings. The standard InChI is InChI=1S/C26H26F2N2O4/c1-26(2,17-34-16-18-8-11-21(33-3)12-9-18)25(22-14-20(27)10-13-23(22)28)29-15-19-6-4-5-7-24(19)30(31)32/h4-15,25H,16-17H2,1-3H3. The Morgan fingerprint density at radius 3 is 2.47 bits per heavy atom. The van der Waals surface area contributed by atoms with Crippen molar-refractivity contribution in [3.63, 3.8) is 0 Å². The summed E-state index contributed by atoms with van der Waals surface area (Å²) in [7, 11) is 1.59. The second-order valence-electron chi connectivity index (χ2n) is 8.49. The van der Waals surface area contributed by atoms with Gasteiger partial charge in [-0.2, -0.15) is 0 Å². The third kappa shape index (κ3) is 6.23. The van der Waals surface area contributed by atoms with E-state index in [1.807, 2.05) is 38.1 Å². The molecule has 0 aromatic heterocycles.